The van der Waals surface area contributed by atoms with Crippen LogP contribution in [0.5, 0.6) is 0 Å². The van der Waals surface area contributed by atoms with Gasteiger partial charge in [0.1, 0.15) is 10.7 Å². The average molecular weight is 615 g/mol. The highest BCUT2D eigenvalue weighted by molar-refractivity contribution is 7.98. The normalized spacial score (nSPS) is 14.2. The summed E-state index contributed by atoms with van der Waals surface area (Å²) < 4.78 is 2.05. The monoisotopic (exact) mass is 614 g/mol. The van der Waals surface area contributed by atoms with E-state index in [1.54, 1.807) is 11.8 Å². The van der Waals surface area contributed by atoms with E-state index in [1.807, 2.05) is 52.4 Å². The number of nitrogens with one attached hydrogen (secondary N) is 1. The summed E-state index contributed by atoms with van der Waals surface area (Å²) in [6, 6.07) is 26.5. The largest absolute Gasteiger partial charge is 0.348 e. The summed E-state index contributed by atoms with van der Waals surface area (Å²) >= 11 is 9.58. The van der Waals surface area contributed by atoms with Crippen molar-refractivity contribution in [3.63, 3.8) is 0 Å². The number of hydrogen-bond acceptors (Lipinski definition) is 7. The van der Waals surface area contributed by atoms with E-state index in [2.05, 4.69) is 68.7 Å². The number of rotatable bonds is 9. The summed E-state index contributed by atoms with van der Waals surface area (Å²) in [7, 11) is 0. The Morgan fingerprint density at radius 1 is 1.00 bits per heavy atom. The number of thioether (sulfide) groups is 1. The summed E-state index contributed by atoms with van der Waals surface area (Å²) in [5, 5.41) is 16.3. The molecule has 1 aliphatic rings. The molecule has 5 aromatic rings. The van der Waals surface area contributed by atoms with Crippen LogP contribution in [0.25, 0.3) is 17.1 Å². The minimum atomic E-state index is -0.104. The number of halogens is 1. The van der Waals surface area contributed by atoms with E-state index in [9.17, 15) is 4.79 Å². The molecule has 1 saturated heterocycles. The van der Waals surface area contributed by atoms with Crippen LogP contribution in [0.1, 0.15) is 39.5 Å². The smallest absolute Gasteiger partial charge is 0.270 e. The lowest BCUT2D eigenvalue weighted by Crippen LogP contribution is -2.44. The maximum absolute atomic E-state index is 13.0. The second-order valence-corrected chi connectivity index (χ2v) is 12.6. The zero-order chi connectivity index (χ0) is 28.9. The van der Waals surface area contributed by atoms with E-state index < -0.39 is 0 Å². The molecular weight excluding hydrogens is 584 g/mol. The van der Waals surface area contributed by atoms with Crippen LogP contribution in [0.2, 0.25) is 5.02 Å². The molecule has 0 spiro atoms. The van der Waals surface area contributed by atoms with Crippen molar-refractivity contribution in [1.82, 2.24) is 30.0 Å². The van der Waals surface area contributed by atoms with Gasteiger partial charge in [-0.1, -0.05) is 84.0 Å². The molecule has 2 aromatic heterocycles. The molecule has 42 heavy (non-hydrogen) atoms. The van der Waals surface area contributed by atoms with E-state index >= 15 is 0 Å². The Morgan fingerprint density at radius 2 is 1.74 bits per heavy atom. The van der Waals surface area contributed by atoms with Crippen molar-refractivity contribution in [3.05, 3.63) is 111 Å². The van der Waals surface area contributed by atoms with E-state index in [0.29, 0.717) is 22.3 Å². The number of thiazole rings is 1. The molecule has 0 saturated carbocycles. The average Bonchev–Trinajstić information content (AvgIpc) is 3.66. The topological polar surface area (TPSA) is 75.9 Å². The predicted octanol–water partition coefficient (Wildman–Crippen LogP) is 7.04. The van der Waals surface area contributed by atoms with Crippen molar-refractivity contribution >= 4 is 40.6 Å². The van der Waals surface area contributed by atoms with Gasteiger partial charge < -0.3 is 5.32 Å². The fourth-order valence-electron chi connectivity index (χ4n) is 5.16. The number of benzene rings is 3. The predicted molar refractivity (Wildman–Crippen MR) is 170 cm³/mol. The van der Waals surface area contributed by atoms with Gasteiger partial charge in [-0.15, -0.1) is 21.5 Å². The Hall–Kier alpha value is -3.50. The molecule has 10 heteroatoms. The number of aromatic nitrogens is 4. The first-order valence-corrected chi connectivity index (χ1v) is 16.2. The summed E-state index contributed by atoms with van der Waals surface area (Å²) in [5.41, 5.74) is 4.71. The maximum Gasteiger partial charge on any atom is 0.270 e. The number of amides is 1. The first-order chi connectivity index (χ1) is 20.5. The van der Waals surface area contributed by atoms with Crippen LogP contribution in [0.15, 0.2) is 89.4 Å². The van der Waals surface area contributed by atoms with Crippen LogP contribution in [0, 0.1) is 6.92 Å². The van der Waals surface area contributed by atoms with Gasteiger partial charge in [-0.25, -0.2) is 4.98 Å². The van der Waals surface area contributed by atoms with Crippen LogP contribution >= 0.6 is 34.7 Å². The van der Waals surface area contributed by atoms with Gasteiger partial charge >= 0.3 is 0 Å². The Balaban J connectivity index is 1.10. The van der Waals surface area contributed by atoms with Gasteiger partial charge in [0.15, 0.2) is 11.0 Å². The number of hydrogen-bond donors (Lipinski definition) is 1. The van der Waals surface area contributed by atoms with Crippen LogP contribution in [-0.2, 0) is 12.3 Å². The van der Waals surface area contributed by atoms with E-state index in [1.165, 1.54) is 16.9 Å². The molecule has 0 bridgehead atoms. The van der Waals surface area contributed by atoms with E-state index in [4.69, 9.17) is 11.6 Å². The molecule has 1 amide bonds. The summed E-state index contributed by atoms with van der Waals surface area (Å²) in [4.78, 5) is 20.1. The molecule has 6 rings (SSSR count). The van der Waals surface area contributed by atoms with Crippen LogP contribution in [0.4, 0.5) is 0 Å². The molecule has 0 unspecified atom stereocenters. The minimum Gasteiger partial charge on any atom is -0.348 e. The van der Waals surface area contributed by atoms with Crippen molar-refractivity contribution in [2.45, 2.75) is 43.3 Å². The van der Waals surface area contributed by atoms with Gasteiger partial charge in [0.05, 0.1) is 16.5 Å². The van der Waals surface area contributed by atoms with Gasteiger partial charge in [-0.3, -0.25) is 14.3 Å². The third-order valence-electron chi connectivity index (χ3n) is 7.39. The molecule has 7 nitrogen and oxygen atoms in total. The molecule has 0 radical (unpaired) electrons. The number of para-hydroxylation sites is 1. The molecule has 3 aromatic carbocycles. The zero-order valence-corrected chi connectivity index (χ0v) is 25.6. The van der Waals surface area contributed by atoms with Crippen LogP contribution in [0.3, 0.4) is 0 Å². The second-order valence-electron chi connectivity index (χ2n) is 10.3. The molecule has 1 aliphatic heterocycles. The van der Waals surface area contributed by atoms with Crippen LogP contribution < -0.4 is 5.32 Å². The molecule has 1 fully saturated rings. The highest BCUT2D eigenvalue weighted by Gasteiger charge is 2.23. The standard InChI is InChI=1S/C32H31ClN6OS2/c1-22-9-5-8-14-28(22)39-30(25-12-6-7-13-26(25)33)36-37-32(39)42-21-29-35-27(20-41-29)31(40)34-24-15-17-38(18-16-24)19-23-10-3-2-4-11-23/h2-14,20,24H,15-19,21H2,1H3,(H,34,40). The van der Waals surface area contributed by atoms with Gasteiger partial charge in [0.2, 0.25) is 0 Å². The second kappa shape index (κ2) is 13.2. The molecule has 3 heterocycles. The Bertz CT molecular complexity index is 1660. The molecule has 0 aliphatic carbocycles. The number of carbonyl (C=O) groups excluding carboxylic acids is 1. The third-order valence-corrected chi connectivity index (χ3v) is 9.69. The van der Waals surface area contributed by atoms with Crippen molar-refractivity contribution < 1.29 is 4.79 Å². The highest BCUT2D eigenvalue weighted by Crippen LogP contribution is 2.34. The van der Waals surface area contributed by atoms with Crippen molar-refractivity contribution in [2.24, 2.45) is 0 Å². The Labute approximate surface area is 259 Å². The Kier molecular flexibility index (Phi) is 9.00. The van der Waals surface area contributed by atoms with Crippen LogP contribution in [-0.4, -0.2) is 49.7 Å². The highest BCUT2D eigenvalue weighted by atomic mass is 35.5. The molecular formula is C32H31ClN6OS2. The number of likely N-dealkylation sites (tertiary alicyclic amines) is 1. The fraction of sp³-hybridized carbons (Fsp3) is 0.250. The lowest BCUT2D eigenvalue weighted by molar-refractivity contribution is 0.0904. The van der Waals surface area contributed by atoms with Crippen molar-refractivity contribution in [3.8, 4) is 17.1 Å². The van der Waals surface area contributed by atoms with Crippen molar-refractivity contribution in [2.75, 3.05) is 13.1 Å². The molecule has 1 N–H and O–H groups in total. The Morgan fingerprint density at radius 3 is 2.52 bits per heavy atom. The van der Waals surface area contributed by atoms with Gasteiger partial charge in [0, 0.05) is 36.6 Å². The zero-order valence-electron chi connectivity index (χ0n) is 23.2. The lowest BCUT2D eigenvalue weighted by Gasteiger charge is -2.32. The quantitative estimate of drug-likeness (QED) is 0.180. The SMILES string of the molecule is Cc1ccccc1-n1c(SCc2nc(C(=O)NC3CCN(Cc4ccccc4)CC3)cs2)nnc1-c1ccccc1Cl. The van der Waals surface area contributed by atoms with E-state index in [-0.39, 0.29) is 11.9 Å². The molecule has 0 atom stereocenters. The van der Waals surface area contributed by atoms with E-state index in [0.717, 1.165) is 59.5 Å². The number of carbonyl (C=O) groups is 1. The fourth-order valence-corrected chi connectivity index (χ4v) is 7.11. The lowest BCUT2D eigenvalue weighted by atomic mass is 10.0. The first-order valence-electron chi connectivity index (χ1n) is 14.0. The summed E-state index contributed by atoms with van der Waals surface area (Å²) in [6.07, 6.45) is 1.88. The number of aryl methyl sites for hydroxylation is 1. The summed E-state index contributed by atoms with van der Waals surface area (Å²) in [5.74, 6) is 1.15. The van der Waals surface area contributed by atoms with Crippen molar-refractivity contribution in [1.29, 1.82) is 0 Å². The first kappa shape index (κ1) is 28.6. The third kappa shape index (κ3) is 6.60. The van der Waals surface area contributed by atoms with Gasteiger partial charge in [0.25, 0.3) is 5.91 Å². The van der Waals surface area contributed by atoms with Gasteiger partial charge in [-0.05, 0) is 49.1 Å². The van der Waals surface area contributed by atoms with Gasteiger partial charge in [-0.2, -0.15) is 0 Å². The minimum absolute atomic E-state index is 0.104. The maximum atomic E-state index is 13.0. The number of nitrogens with zero attached hydrogens (tertiary/aromatic N) is 5. The summed E-state index contributed by atoms with van der Waals surface area (Å²) in [6.45, 7) is 4.96. The number of piperidine rings is 1. The molecule has 214 valence electrons.